The minimum atomic E-state index is -0.410. The van der Waals surface area contributed by atoms with Crippen LogP contribution in [-0.4, -0.2) is 14.9 Å². The van der Waals surface area contributed by atoms with Gasteiger partial charge in [-0.1, -0.05) is 25.2 Å². The monoisotopic (exact) mass is 289 g/mol. The van der Waals surface area contributed by atoms with Crippen molar-refractivity contribution in [2.75, 3.05) is 0 Å². The Morgan fingerprint density at radius 1 is 1.40 bits per heavy atom. The van der Waals surface area contributed by atoms with Gasteiger partial charge in [-0.2, -0.15) is 0 Å². The lowest BCUT2D eigenvalue weighted by molar-refractivity contribution is -0.384. The predicted molar refractivity (Wildman–Crippen MR) is 80.4 cm³/mol. The molecule has 104 valence electrons. The van der Waals surface area contributed by atoms with Crippen LogP contribution >= 0.6 is 12.2 Å². The summed E-state index contributed by atoms with van der Waals surface area (Å²) in [6.45, 7) is 5.84. The van der Waals surface area contributed by atoms with Gasteiger partial charge in [0.05, 0.1) is 4.92 Å². The SMILES string of the molecule is CCc1[nH]c(-c2cc([N+](=O)[O-])ccc2C)nc(=S)c1C. The molecule has 0 aliphatic carbocycles. The molecule has 2 aromatic rings. The van der Waals surface area contributed by atoms with Crippen LogP contribution in [0, 0.1) is 28.6 Å². The molecule has 0 unspecified atom stereocenters. The zero-order chi connectivity index (χ0) is 14.9. The highest BCUT2D eigenvalue weighted by atomic mass is 32.1. The van der Waals surface area contributed by atoms with E-state index in [0.29, 0.717) is 16.0 Å². The van der Waals surface area contributed by atoms with E-state index in [9.17, 15) is 10.1 Å². The molecule has 6 heteroatoms. The van der Waals surface area contributed by atoms with Crippen LogP contribution in [0.2, 0.25) is 0 Å². The molecule has 0 atom stereocenters. The second-order valence-corrected chi connectivity index (χ2v) is 4.99. The molecule has 1 N–H and O–H groups in total. The van der Waals surface area contributed by atoms with Crippen molar-refractivity contribution in [3.8, 4) is 11.4 Å². The summed E-state index contributed by atoms with van der Waals surface area (Å²) in [4.78, 5) is 18.1. The number of aryl methyl sites for hydroxylation is 2. The Hall–Kier alpha value is -2.08. The van der Waals surface area contributed by atoms with Crippen LogP contribution in [-0.2, 0) is 6.42 Å². The number of nitro groups is 1. The third-order valence-electron chi connectivity index (χ3n) is 3.30. The van der Waals surface area contributed by atoms with Crippen LogP contribution in [0.4, 0.5) is 5.69 Å². The van der Waals surface area contributed by atoms with E-state index < -0.39 is 4.92 Å². The van der Waals surface area contributed by atoms with E-state index in [1.54, 1.807) is 6.07 Å². The van der Waals surface area contributed by atoms with E-state index in [1.165, 1.54) is 12.1 Å². The molecule has 0 fully saturated rings. The number of aromatic nitrogens is 2. The molecule has 0 aliphatic heterocycles. The minimum absolute atomic E-state index is 0.0466. The van der Waals surface area contributed by atoms with Crippen LogP contribution in [0.3, 0.4) is 0 Å². The van der Waals surface area contributed by atoms with Gasteiger partial charge in [0, 0.05) is 29.0 Å². The van der Waals surface area contributed by atoms with Crippen molar-refractivity contribution in [3.05, 3.63) is 49.8 Å². The summed E-state index contributed by atoms with van der Waals surface area (Å²) < 4.78 is 0.529. The standard InChI is InChI=1S/C14H15N3O2S/c1-4-12-9(3)14(20)16-13(15-12)11-7-10(17(18)19)6-5-8(11)2/h5-7H,4H2,1-3H3,(H,15,16,20). The first kappa shape index (κ1) is 14.3. The zero-order valence-corrected chi connectivity index (χ0v) is 12.4. The first-order chi connectivity index (χ1) is 9.43. The van der Waals surface area contributed by atoms with Gasteiger partial charge in [0.1, 0.15) is 10.5 Å². The van der Waals surface area contributed by atoms with Crippen LogP contribution in [0.1, 0.15) is 23.7 Å². The van der Waals surface area contributed by atoms with Gasteiger partial charge in [0.2, 0.25) is 0 Å². The number of aromatic amines is 1. The van der Waals surface area contributed by atoms with Crippen molar-refractivity contribution >= 4 is 17.9 Å². The summed E-state index contributed by atoms with van der Waals surface area (Å²) in [5.74, 6) is 0.582. The van der Waals surface area contributed by atoms with E-state index >= 15 is 0 Å². The van der Waals surface area contributed by atoms with Gasteiger partial charge in [-0.3, -0.25) is 10.1 Å². The van der Waals surface area contributed by atoms with Crippen LogP contribution in [0.15, 0.2) is 18.2 Å². The first-order valence-corrected chi connectivity index (χ1v) is 6.70. The maximum atomic E-state index is 10.9. The van der Waals surface area contributed by atoms with Crippen molar-refractivity contribution in [2.24, 2.45) is 0 Å². The molecule has 2 rings (SSSR count). The van der Waals surface area contributed by atoms with Crippen LogP contribution in [0.25, 0.3) is 11.4 Å². The third-order valence-corrected chi connectivity index (χ3v) is 3.69. The quantitative estimate of drug-likeness (QED) is 0.528. The summed E-state index contributed by atoms with van der Waals surface area (Å²) in [6, 6.07) is 4.73. The molecule has 0 aliphatic rings. The molecule has 0 bridgehead atoms. The zero-order valence-electron chi connectivity index (χ0n) is 11.6. The fourth-order valence-electron chi connectivity index (χ4n) is 2.04. The summed E-state index contributed by atoms with van der Waals surface area (Å²) in [5, 5.41) is 10.9. The van der Waals surface area contributed by atoms with Gasteiger partial charge in [-0.05, 0) is 25.8 Å². The Balaban J connectivity index is 2.68. The number of rotatable bonds is 3. The molecule has 0 saturated carbocycles. The maximum Gasteiger partial charge on any atom is 0.270 e. The summed E-state index contributed by atoms with van der Waals surface area (Å²) in [5.41, 5.74) is 3.63. The molecule has 1 heterocycles. The van der Waals surface area contributed by atoms with Crippen molar-refractivity contribution in [1.82, 2.24) is 9.97 Å². The Bertz CT molecular complexity index is 738. The van der Waals surface area contributed by atoms with Crippen LogP contribution < -0.4 is 0 Å². The number of nitrogens with zero attached hydrogens (tertiary/aromatic N) is 2. The fraction of sp³-hybridized carbons (Fsp3) is 0.286. The van der Waals surface area contributed by atoms with E-state index in [4.69, 9.17) is 12.2 Å². The molecule has 1 aromatic carbocycles. The second-order valence-electron chi connectivity index (χ2n) is 4.60. The van der Waals surface area contributed by atoms with Crippen molar-refractivity contribution in [2.45, 2.75) is 27.2 Å². The van der Waals surface area contributed by atoms with Gasteiger partial charge in [-0.25, -0.2) is 4.98 Å². The van der Waals surface area contributed by atoms with E-state index in [0.717, 1.165) is 23.2 Å². The third kappa shape index (κ3) is 2.60. The van der Waals surface area contributed by atoms with Gasteiger partial charge in [0.15, 0.2) is 0 Å². The van der Waals surface area contributed by atoms with Crippen molar-refractivity contribution in [3.63, 3.8) is 0 Å². The van der Waals surface area contributed by atoms with Gasteiger partial charge >= 0.3 is 0 Å². The molecule has 1 aromatic heterocycles. The highest BCUT2D eigenvalue weighted by Gasteiger charge is 2.13. The Morgan fingerprint density at radius 2 is 2.10 bits per heavy atom. The summed E-state index contributed by atoms with van der Waals surface area (Å²) in [6.07, 6.45) is 0.805. The molecular weight excluding hydrogens is 274 g/mol. The number of H-pyrrole nitrogens is 1. The molecule has 20 heavy (non-hydrogen) atoms. The number of nitrogens with one attached hydrogen (secondary N) is 1. The average Bonchev–Trinajstić information content (AvgIpc) is 2.42. The van der Waals surface area contributed by atoms with Gasteiger partial charge in [-0.15, -0.1) is 0 Å². The highest BCUT2D eigenvalue weighted by Crippen LogP contribution is 2.26. The number of non-ortho nitro benzene ring substituents is 1. The lowest BCUT2D eigenvalue weighted by Gasteiger charge is -2.09. The fourth-order valence-corrected chi connectivity index (χ4v) is 2.25. The molecule has 0 saturated heterocycles. The number of hydrogen-bond acceptors (Lipinski definition) is 4. The summed E-state index contributed by atoms with van der Waals surface area (Å²) >= 11 is 5.26. The van der Waals surface area contributed by atoms with Crippen LogP contribution in [0.5, 0.6) is 0 Å². The normalized spacial score (nSPS) is 10.6. The molecule has 0 amide bonds. The topological polar surface area (TPSA) is 71.8 Å². The predicted octanol–water partition coefficient (Wildman–Crippen LogP) is 3.89. The molecule has 0 radical (unpaired) electrons. The second kappa shape index (κ2) is 5.50. The lowest BCUT2D eigenvalue weighted by atomic mass is 10.1. The lowest BCUT2D eigenvalue weighted by Crippen LogP contribution is -2.01. The number of hydrogen-bond donors (Lipinski definition) is 1. The largest absolute Gasteiger partial charge is 0.343 e. The Labute approximate surface area is 121 Å². The minimum Gasteiger partial charge on any atom is -0.343 e. The molecular formula is C14H15N3O2S. The highest BCUT2D eigenvalue weighted by molar-refractivity contribution is 7.71. The number of nitro benzene ring substituents is 1. The molecule has 5 nitrogen and oxygen atoms in total. The Kier molecular flexibility index (Phi) is 3.94. The van der Waals surface area contributed by atoms with Gasteiger partial charge < -0.3 is 4.98 Å². The van der Waals surface area contributed by atoms with Crippen molar-refractivity contribution < 1.29 is 4.92 Å². The van der Waals surface area contributed by atoms with Gasteiger partial charge in [0.25, 0.3) is 5.69 Å². The van der Waals surface area contributed by atoms with E-state index in [1.807, 2.05) is 20.8 Å². The van der Waals surface area contributed by atoms with E-state index in [2.05, 4.69) is 9.97 Å². The number of benzene rings is 1. The average molecular weight is 289 g/mol. The first-order valence-electron chi connectivity index (χ1n) is 6.29. The Morgan fingerprint density at radius 3 is 2.70 bits per heavy atom. The van der Waals surface area contributed by atoms with Crippen molar-refractivity contribution in [1.29, 1.82) is 0 Å². The smallest absolute Gasteiger partial charge is 0.270 e. The van der Waals surface area contributed by atoms with E-state index in [-0.39, 0.29) is 5.69 Å². The summed E-state index contributed by atoms with van der Waals surface area (Å²) in [7, 11) is 0. The molecule has 0 spiro atoms. The maximum absolute atomic E-state index is 10.9.